The van der Waals surface area contributed by atoms with Gasteiger partial charge in [-0.15, -0.1) is 11.3 Å². The molecule has 2 rings (SSSR count). The Morgan fingerprint density at radius 2 is 2.00 bits per heavy atom. The third-order valence-electron chi connectivity index (χ3n) is 3.21. The van der Waals surface area contributed by atoms with Gasteiger partial charge in [-0.2, -0.15) is 0 Å². The van der Waals surface area contributed by atoms with Gasteiger partial charge in [0, 0.05) is 48.2 Å². The van der Waals surface area contributed by atoms with Gasteiger partial charge in [0.2, 0.25) is 0 Å². The summed E-state index contributed by atoms with van der Waals surface area (Å²) in [6.45, 7) is 6.49. The maximum atomic E-state index is 12.1. The normalized spacial score (nSPS) is 11.0. The van der Waals surface area contributed by atoms with Crippen LogP contribution in [0.25, 0.3) is 0 Å². The quantitative estimate of drug-likeness (QED) is 0.790. The van der Waals surface area contributed by atoms with Gasteiger partial charge >= 0.3 is 5.69 Å². The minimum atomic E-state index is -0.235. The van der Waals surface area contributed by atoms with E-state index in [0.29, 0.717) is 19.6 Å². The monoisotopic (exact) mass is 307 g/mol. The number of thiophene rings is 1. The van der Waals surface area contributed by atoms with Crippen LogP contribution in [-0.2, 0) is 19.6 Å². The summed E-state index contributed by atoms with van der Waals surface area (Å²) in [7, 11) is 0. The standard InChI is InChI=1S/C15H21N3O2S/c1-3-8-17-9-6-14(19)18(15(17)20)10-7-16-11-13-5-4-12(2)21-13/h4-6,9,16H,3,7-8,10-11H2,1-2H3. The predicted octanol–water partition coefficient (Wildman–Crippen LogP) is 1.58. The summed E-state index contributed by atoms with van der Waals surface area (Å²) in [6.07, 6.45) is 2.45. The Morgan fingerprint density at radius 1 is 1.19 bits per heavy atom. The van der Waals surface area contributed by atoms with Crippen molar-refractivity contribution in [3.05, 3.63) is 55.0 Å². The second-order valence-corrected chi connectivity index (χ2v) is 6.34. The summed E-state index contributed by atoms with van der Waals surface area (Å²) in [5, 5.41) is 3.27. The zero-order valence-electron chi connectivity index (χ0n) is 12.5. The number of nitrogens with zero attached hydrogens (tertiary/aromatic N) is 2. The van der Waals surface area contributed by atoms with Crippen LogP contribution in [0, 0.1) is 6.92 Å². The third kappa shape index (κ3) is 4.15. The van der Waals surface area contributed by atoms with Gasteiger partial charge in [-0.25, -0.2) is 4.79 Å². The van der Waals surface area contributed by atoms with Crippen molar-refractivity contribution in [2.45, 2.75) is 39.9 Å². The molecule has 2 heterocycles. The van der Waals surface area contributed by atoms with Crippen LogP contribution in [0.1, 0.15) is 23.1 Å². The van der Waals surface area contributed by atoms with Crippen molar-refractivity contribution in [2.75, 3.05) is 6.54 Å². The van der Waals surface area contributed by atoms with Gasteiger partial charge in [0.05, 0.1) is 0 Å². The van der Waals surface area contributed by atoms with E-state index in [-0.39, 0.29) is 11.2 Å². The highest BCUT2D eigenvalue weighted by Crippen LogP contribution is 2.14. The van der Waals surface area contributed by atoms with Crippen molar-refractivity contribution in [2.24, 2.45) is 0 Å². The minimum Gasteiger partial charge on any atom is -0.310 e. The van der Waals surface area contributed by atoms with E-state index in [1.54, 1.807) is 22.1 Å². The fourth-order valence-electron chi connectivity index (χ4n) is 2.16. The van der Waals surface area contributed by atoms with Crippen LogP contribution >= 0.6 is 11.3 Å². The molecule has 5 nitrogen and oxygen atoms in total. The van der Waals surface area contributed by atoms with E-state index in [1.165, 1.54) is 20.4 Å². The number of nitrogens with one attached hydrogen (secondary N) is 1. The van der Waals surface area contributed by atoms with E-state index >= 15 is 0 Å². The van der Waals surface area contributed by atoms with Gasteiger partial charge in [0.25, 0.3) is 5.56 Å². The highest BCUT2D eigenvalue weighted by atomic mass is 32.1. The van der Waals surface area contributed by atoms with Gasteiger partial charge in [-0.3, -0.25) is 9.36 Å². The average molecular weight is 307 g/mol. The Bertz CT molecular complexity index is 699. The third-order valence-corrected chi connectivity index (χ3v) is 4.21. The topological polar surface area (TPSA) is 56.0 Å². The van der Waals surface area contributed by atoms with Crippen molar-refractivity contribution in [1.29, 1.82) is 0 Å². The second-order valence-electron chi connectivity index (χ2n) is 4.97. The molecule has 0 fully saturated rings. The van der Waals surface area contributed by atoms with Crippen LogP contribution in [0.2, 0.25) is 0 Å². The lowest BCUT2D eigenvalue weighted by Gasteiger charge is -2.09. The van der Waals surface area contributed by atoms with Crippen LogP contribution < -0.4 is 16.6 Å². The van der Waals surface area contributed by atoms with Crippen LogP contribution in [0.5, 0.6) is 0 Å². The van der Waals surface area contributed by atoms with E-state index in [1.807, 2.05) is 6.92 Å². The highest BCUT2D eigenvalue weighted by molar-refractivity contribution is 7.11. The van der Waals surface area contributed by atoms with E-state index in [2.05, 4.69) is 24.4 Å². The molecule has 6 heteroatoms. The fraction of sp³-hybridized carbons (Fsp3) is 0.467. The predicted molar refractivity (Wildman–Crippen MR) is 86.0 cm³/mol. The van der Waals surface area contributed by atoms with E-state index in [9.17, 15) is 9.59 Å². The van der Waals surface area contributed by atoms with Gasteiger partial charge in [0.15, 0.2) is 0 Å². The molecule has 0 spiro atoms. The lowest BCUT2D eigenvalue weighted by molar-refractivity contribution is 0.521. The molecular formula is C15H21N3O2S. The smallest absolute Gasteiger partial charge is 0.310 e. The molecule has 0 radical (unpaired) electrons. The van der Waals surface area contributed by atoms with Crippen LogP contribution in [0.3, 0.4) is 0 Å². The van der Waals surface area contributed by atoms with Gasteiger partial charge in [0.1, 0.15) is 0 Å². The number of rotatable bonds is 7. The van der Waals surface area contributed by atoms with E-state index in [0.717, 1.165) is 13.0 Å². The molecular weight excluding hydrogens is 286 g/mol. The summed E-state index contributed by atoms with van der Waals surface area (Å²) in [5.74, 6) is 0. The highest BCUT2D eigenvalue weighted by Gasteiger charge is 2.04. The van der Waals surface area contributed by atoms with Gasteiger partial charge < -0.3 is 9.88 Å². The number of aromatic nitrogens is 2. The lowest BCUT2D eigenvalue weighted by Crippen LogP contribution is -2.41. The van der Waals surface area contributed by atoms with Crippen molar-refractivity contribution >= 4 is 11.3 Å². The summed E-state index contributed by atoms with van der Waals surface area (Å²) >= 11 is 1.75. The first-order valence-electron chi connectivity index (χ1n) is 7.18. The molecule has 1 N–H and O–H groups in total. The molecule has 0 amide bonds. The largest absolute Gasteiger partial charge is 0.331 e. The molecule has 114 valence electrons. The number of aryl methyl sites for hydroxylation is 2. The van der Waals surface area contributed by atoms with Crippen LogP contribution in [-0.4, -0.2) is 15.7 Å². The summed E-state index contributed by atoms with van der Waals surface area (Å²) in [4.78, 5) is 26.5. The SMILES string of the molecule is CCCn1ccc(=O)n(CCNCc2ccc(C)s2)c1=O. The fourth-order valence-corrected chi connectivity index (χ4v) is 3.02. The summed E-state index contributed by atoms with van der Waals surface area (Å²) in [6, 6.07) is 5.64. The molecule has 0 saturated carbocycles. The first-order chi connectivity index (χ1) is 10.1. The molecule has 21 heavy (non-hydrogen) atoms. The Balaban J connectivity index is 1.95. The molecule has 0 aliphatic carbocycles. The Morgan fingerprint density at radius 3 is 2.67 bits per heavy atom. The average Bonchev–Trinajstić information content (AvgIpc) is 2.87. The summed E-state index contributed by atoms with van der Waals surface area (Å²) in [5.41, 5.74) is -0.459. The number of hydrogen-bond acceptors (Lipinski definition) is 4. The van der Waals surface area contributed by atoms with Crippen LogP contribution in [0.4, 0.5) is 0 Å². The minimum absolute atomic E-state index is 0.224. The van der Waals surface area contributed by atoms with E-state index in [4.69, 9.17) is 0 Å². The Hall–Kier alpha value is -1.66. The van der Waals surface area contributed by atoms with Crippen LogP contribution in [0.15, 0.2) is 34.0 Å². The van der Waals surface area contributed by atoms with E-state index < -0.39 is 0 Å². The van der Waals surface area contributed by atoms with Crippen molar-refractivity contribution < 1.29 is 0 Å². The van der Waals surface area contributed by atoms with Gasteiger partial charge in [-0.05, 0) is 25.5 Å². The van der Waals surface area contributed by atoms with Gasteiger partial charge in [-0.1, -0.05) is 6.92 Å². The molecule has 0 aliphatic heterocycles. The lowest BCUT2D eigenvalue weighted by atomic mass is 10.4. The Kier molecular flexibility index (Phi) is 5.52. The first kappa shape index (κ1) is 15.7. The zero-order valence-corrected chi connectivity index (χ0v) is 13.3. The molecule has 0 atom stereocenters. The first-order valence-corrected chi connectivity index (χ1v) is 7.99. The molecule has 0 bridgehead atoms. The van der Waals surface area contributed by atoms with Crippen molar-refractivity contribution in [3.8, 4) is 0 Å². The molecule has 2 aromatic heterocycles. The van der Waals surface area contributed by atoms with Crippen molar-refractivity contribution in [3.63, 3.8) is 0 Å². The Labute approximate surface area is 127 Å². The second kappa shape index (κ2) is 7.38. The van der Waals surface area contributed by atoms with Crippen molar-refractivity contribution in [1.82, 2.24) is 14.5 Å². The maximum absolute atomic E-state index is 12.1. The molecule has 2 aromatic rings. The maximum Gasteiger partial charge on any atom is 0.331 e. The zero-order chi connectivity index (χ0) is 15.2. The molecule has 0 aromatic carbocycles. The molecule has 0 saturated heterocycles. The molecule has 0 aliphatic rings. The number of hydrogen-bond donors (Lipinski definition) is 1. The summed E-state index contributed by atoms with van der Waals surface area (Å²) < 4.78 is 2.88. The molecule has 0 unspecified atom stereocenters.